The largest absolute Gasteiger partial charge is 0.465 e. The molecule has 0 saturated heterocycles. The van der Waals surface area contributed by atoms with Gasteiger partial charge in [-0.25, -0.2) is 32.3 Å². The number of esters is 2. The van der Waals surface area contributed by atoms with Crippen molar-refractivity contribution in [3.63, 3.8) is 0 Å². The number of aromatic nitrogens is 2. The molecule has 0 unspecified atom stereocenters. The third-order valence-corrected chi connectivity index (χ3v) is 7.43. The second kappa shape index (κ2) is 13.6. The molecule has 0 atom stereocenters. The predicted octanol–water partition coefficient (Wildman–Crippen LogP) is 4.59. The van der Waals surface area contributed by atoms with E-state index in [1.165, 1.54) is 57.8 Å². The fourth-order valence-corrected chi connectivity index (χ4v) is 4.80. The minimum Gasteiger partial charge on any atom is -0.465 e. The van der Waals surface area contributed by atoms with Crippen molar-refractivity contribution in [1.29, 1.82) is 0 Å². The summed E-state index contributed by atoms with van der Waals surface area (Å²) >= 11 is 13.1. The average molecular weight is 572 g/mol. The van der Waals surface area contributed by atoms with Crippen LogP contribution in [0.4, 0.5) is 0 Å². The summed E-state index contributed by atoms with van der Waals surface area (Å²) in [5, 5.41) is 0.610. The third kappa shape index (κ3) is 8.45. The van der Waals surface area contributed by atoms with Gasteiger partial charge in [-0.3, -0.25) is 0 Å². The van der Waals surface area contributed by atoms with Gasteiger partial charge in [0.25, 0.3) is 10.0 Å². The number of benzene rings is 1. The number of ether oxygens (including phenoxy) is 2. The molecule has 2 heterocycles. The molecule has 0 fully saturated rings. The maximum Gasteiger partial charge on any atom is 0.338 e. The van der Waals surface area contributed by atoms with Gasteiger partial charge in [-0.15, -0.1) is 11.8 Å². The minimum atomic E-state index is -3.73. The van der Waals surface area contributed by atoms with Crippen LogP contribution in [0, 0.1) is 0 Å². The zero-order valence-electron chi connectivity index (χ0n) is 19.8. The van der Waals surface area contributed by atoms with Gasteiger partial charge < -0.3 is 9.47 Å². The van der Waals surface area contributed by atoms with Crippen LogP contribution in [0.1, 0.15) is 26.3 Å². The lowest BCUT2D eigenvalue weighted by atomic mass is 10.2. The minimum absolute atomic E-state index is 0.0351. The highest BCUT2D eigenvalue weighted by Gasteiger charge is 2.22. The molecule has 1 aromatic carbocycles. The van der Waals surface area contributed by atoms with E-state index < -0.39 is 22.0 Å². The Labute approximate surface area is 223 Å². The Hall–Kier alpha value is -2.70. The summed E-state index contributed by atoms with van der Waals surface area (Å²) in [6.07, 6.45) is 0. The Bertz CT molecular complexity index is 1320. The van der Waals surface area contributed by atoms with Crippen molar-refractivity contribution in [1.82, 2.24) is 14.3 Å². The molecule has 0 N–H and O–H groups in total. The number of pyridine rings is 2. The van der Waals surface area contributed by atoms with Crippen LogP contribution in [0.25, 0.3) is 0 Å². The molecule has 192 valence electrons. The van der Waals surface area contributed by atoms with E-state index in [9.17, 15) is 18.0 Å². The quantitative estimate of drug-likeness (QED) is 0.228. The monoisotopic (exact) mass is 571 g/mol. The number of thioether (sulfide) groups is 1. The number of carbonyl (C=O) groups excluding carboxylic acids is 2. The molecule has 0 aliphatic rings. The fraction of sp³-hybridized carbons (Fsp3) is 0.217. The van der Waals surface area contributed by atoms with Gasteiger partial charge in [0.2, 0.25) is 0 Å². The van der Waals surface area contributed by atoms with Crippen molar-refractivity contribution in [2.24, 2.45) is 0 Å². The van der Waals surface area contributed by atoms with Crippen LogP contribution in [0.2, 0.25) is 10.3 Å². The van der Waals surface area contributed by atoms with Gasteiger partial charge in [0.15, 0.2) is 5.03 Å². The van der Waals surface area contributed by atoms with Crippen molar-refractivity contribution in [3.05, 3.63) is 81.6 Å². The highest BCUT2D eigenvalue weighted by Crippen LogP contribution is 2.24. The summed E-state index contributed by atoms with van der Waals surface area (Å²) in [4.78, 5) is 30.6. The molecule has 9 nitrogen and oxygen atoms in total. The zero-order valence-corrected chi connectivity index (χ0v) is 22.9. The van der Waals surface area contributed by atoms with Gasteiger partial charge in [0.1, 0.15) is 10.3 Å². The maximum absolute atomic E-state index is 11.8. The molecule has 13 heteroatoms. The number of hydrogen-bond donors (Lipinski definition) is 0. The van der Waals surface area contributed by atoms with Crippen LogP contribution in [0.15, 0.2) is 64.6 Å². The fourth-order valence-electron chi connectivity index (χ4n) is 2.54. The Morgan fingerprint density at radius 3 is 1.94 bits per heavy atom. The van der Waals surface area contributed by atoms with Crippen LogP contribution in [0.3, 0.4) is 0 Å². The molecule has 36 heavy (non-hydrogen) atoms. The number of hydrogen-bond acceptors (Lipinski definition) is 9. The first-order valence-electron chi connectivity index (χ1n) is 10.1. The van der Waals surface area contributed by atoms with Crippen molar-refractivity contribution in [2.45, 2.75) is 15.8 Å². The summed E-state index contributed by atoms with van der Waals surface area (Å²) in [7, 11) is 1.51. The Morgan fingerprint density at radius 1 is 0.889 bits per heavy atom. The summed E-state index contributed by atoms with van der Waals surface area (Å²) in [6, 6.07) is 15.6. The predicted molar refractivity (Wildman–Crippen MR) is 138 cm³/mol. The van der Waals surface area contributed by atoms with E-state index in [0.29, 0.717) is 15.7 Å². The van der Waals surface area contributed by atoms with Crippen LogP contribution in [0.5, 0.6) is 0 Å². The van der Waals surface area contributed by atoms with E-state index in [1.54, 1.807) is 6.07 Å². The lowest BCUT2D eigenvalue weighted by molar-refractivity contribution is 0.0591. The SMILES string of the molecule is COC(=O)c1cc(Cl)nc(S(=O)(=O)N(C)C)c1.COC(=O)c1cc(Cl)nc(SCc2ccccc2)c1. The van der Waals surface area contributed by atoms with Gasteiger partial charge in [-0.2, -0.15) is 0 Å². The average Bonchev–Trinajstić information content (AvgIpc) is 2.86. The molecular weight excluding hydrogens is 549 g/mol. The first kappa shape index (κ1) is 29.5. The van der Waals surface area contributed by atoms with Crippen LogP contribution >= 0.6 is 35.0 Å². The Kier molecular flexibility index (Phi) is 11.1. The van der Waals surface area contributed by atoms with Gasteiger partial charge in [-0.05, 0) is 29.8 Å². The number of nitrogens with zero attached hydrogens (tertiary/aromatic N) is 3. The maximum atomic E-state index is 11.8. The van der Waals surface area contributed by atoms with Gasteiger partial charge in [0, 0.05) is 19.8 Å². The second-order valence-electron chi connectivity index (χ2n) is 7.08. The van der Waals surface area contributed by atoms with E-state index in [-0.39, 0.29) is 15.7 Å². The van der Waals surface area contributed by atoms with Crippen LogP contribution < -0.4 is 0 Å². The lowest BCUT2D eigenvalue weighted by Crippen LogP contribution is -2.23. The molecule has 0 amide bonds. The third-order valence-electron chi connectivity index (χ3n) is 4.36. The summed E-state index contributed by atoms with van der Waals surface area (Å²) in [5.74, 6) is -0.315. The molecule has 0 spiro atoms. The lowest BCUT2D eigenvalue weighted by Gasteiger charge is -2.11. The number of carbonyl (C=O) groups is 2. The molecule has 0 aliphatic carbocycles. The highest BCUT2D eigenvalue weighted by molar-refractivity contribution is 7.98. The molecule has 0 radical (unpaired) electrons. The number of rotatable bonds is 7. The molecule has 2 aromatic heterocycles. The van der Waals surface area contributed by atoms with E-state index in [0.717, 1.165) is 16.1 Å². The van der Waals surface area contributed by atoms with E-state index in [4.69, 9.17) is 23.2 Å². The zero-order chi connectivity index (χ0) is 26.9. The van der Waals surface area contributed by atoms with Crippen LogP contribution in [-0.4, -0.2) is 62.9 Å². The van der Waals surface area contributed by atoms with Gasteiger partial charge in [0.05, 0.1) is 30.4 Å². The second-order valence-corrected chi connectivity index (χ2v) is 10.9. The molecule has 3 aromatic rings. The van der Waals surface area contributed by atoms with Crippen LogP contribution in [-0.2, 0) is 25.2 Å². The van der Waals surface area contributed by atoms with Gasteiger partial charge >= 0.3 is 11.9 Å². The normalized spacial score (nSPS) is 10.9. The molecular formula is C23H23Cl2N3O6S2. The smallest absolute Gasteiger partial charge is 0.338 e. The number of methoxy groups -OCH3 is 2. The molecule has 0 bridgehead atoms. The number of halogens is 2. The molecule has 0 aliphatic heterocycles. The van der Waals surface area contributed by atoms with Crippen molar-refractivity contribution >= 4 is 56.9 Å². The summed E-state index contributed by atoms with van der Waals surface area (Å²) in [5.41, 5.74) is 1.64. The standard InChI is InChI=1S/C14H12ClNO2S.C9H11ClN2O4S/c1-18-14(17)11-7-12(15)16-13(8-11)19-9-10-5-3-2-4-6-10;1-12(2)17(14,15)8-5-6(9(13)16-3)4-7(10)11-8/h2-8H,9H2,1H3;4-5H,1-3H3. The van der Waals surface area contributed by atoms with Crippen molar-refractivity contribution in [3.8, 4) is 0 Å². The Balaban J connectivity index is 0.000000255. The van der Waals surface area contributed by atoms with Crippen molar-refractivity contribution < 1.29 is 27.5 Å². The topological polar surface area (TPSA) is 116 Å². The first-order valence-corrected chi connectivity index (χ1v) is 13.3. The summed E-state index contributed by atoms with van der Waals surface area (Å²) < 4.78 is 33.7. The highest BCUT2D eigenvalue weighted by atomic mass is 35.5. The molecule has 3 rings (SSSR count). The first-order chi connectivity index (χ1) is 17.0. The van der Waals surface area contributed by atoms with E-state index in [2.05, 4.69) is 19.4 Å². The number of sulfonamides is 1. The van der Waals surface area contributed by atoms with Gasteiger partial charge in [-0.1, -0.05) is 53.5 Å². The summed E-state index contributed by atoms with van der Waals surface area (Å²) in [6.45, 7) is 0. The molecule has 0 saturated carbocycles. The van der Waals surface area contributed by atoms with Crippen molar-refractivity contribution in [2.75, 3.05) is 28.3 Å². The Morgan fingerprint density at radius 2 is 1.42 bits per heavy atom. The van der Waals surface area contributed by atoms with E-state index >= 15 is 0 Å². The van der Waals surface area contributed by atoms with E-state index in [1.807, 2.05) is 30.3 Å².